The quantitative estimate of drug-likeness (QED) is 0.739. The molecule has 2 aliphatic rings. The molecule has 4 rings (SSSR count). The first-order valence-electron chi connectivity index (χ1n) is 9.18. The van der Waals surface area contributed by atoms with Gasteiger partial charge >= 0.3 is 0 Å². The average molecular weight is 385 g/mol. The van der Waals surface area contributed by atoms with Crippen LogP contribution in [0.15, 0.2) is 59.5 Å². The minimum absolute atomic E-state index is 0.0370. The number of benzene rings is 2. The van der Waals surface area contributed by atoms with Gasteiger partial charge in [0.25, 0.3) is 10.0 Å². The van der Waals surface area contributed by atoms with Gasteiger partial charge in [-0.05, 0) is 74.2 Å². The molecule has 1 saturated carbocycles. The molecule has 1 atom stereocenters. The summed E-state index contributed by atoms with van der Waals surface area (Å²) in [4.78, 5) is 12.7. The van der Waals surface area contributed by atoms with E-state index in [9.17, 15) is 13.2 Å². The van der Waals surface area contributed by atoms with Crippen LogP contribution in [0.2, 0.25) is 0 Å². The first-order chi connectivity index (χ1) is 13.0. The third-order valence-corrected chi connectivity index (χ3v) is 6.96. The van der Waals surface area contributed by atoms with E-state index >= 15 is 0 Å². The van der Waals surface area contributed by atoms with Gasteiger partial charge in [0.15, 0.2) is 0 Å². The fourth-order valence-corrected chi connectivity index (χ4v) is 4.92. The molecule has 1 aliphatic heterocycles. The summed E-state index contributed by atoms with van der Waals surface area (Å²) in [6.45, 7) is 1.95. The lowest BCUT2D eigenvalue weighted by Crippen LogP contribution is -2.31. The molecule has 3 N–H and O–H groups in total. The van der Waals surface area contributed by atoms with Crippen molar-refractivity contribution in [1.29, 1.82) is 0 Å². The Balaban J connectivity index is 1.40. The highest BCUT2D eigenvalue weighted by molar-refractivity contribution is 7.92. The van der Waals surface area contributed by atoms with Crippen molar-refractivity contribution in [1.82, 2.24) is 5.32 Å². The molecule has 7 heteroatoms. The molecule has 0 radical (unpaired) electrons. The van der Waals surface area contributed by atoms with Crippen molar-refractivity contribution in [3.8, 4) is 0 Å². The second kappa shape index (κ2) is 6.98. The van der Waals surface area contributed by atoms with Gasteiger partial charge in [-0.1, -0.05) is 18.2 Å². The average Bonchev–Trinajstić information content (AvgIpc) is 3.36. The number of sulfonamides is 1. The van der Waals surface area contributed by atoms with Crippen LogP contribution in [0.25, 0.3) is 0 Å². The zero-order chi connectivity index (χ0) is 18.9. The normalized spacial score (nSPS) is 20.8. The number of amides is 1. The predicted molar refractivity (Wildman–Crippen MR) is 105 cm³/mol. The molecule has 1 aliphatic carbocycles. The Bertz CT molecular complexity index is 921. The highest BCUT2D eigenvalue weighted by Gasteiger charge is 2.57. The first kappa shape index (κ1) is 18.0. The maximum Gasteiger partial charge on any atom is 0.261 e. The summed E-state index contributed by atoms with van der Waals surface area (Å²) in [5.41, 5.74) is 1.31. The summed E-state index contributed by atoms with van der Waals surface area (Å²) < 4.78 is 27.4. The van der Waals surface area contributed by atoms with Crippen LogP contribution in [-0.4, -0.2) is 27.4 Å². The van der Waals surface area contributed by atoms with Gasteiger partial charge < -0.3 is 10.6 Å². The van der Waals surface area contributed by atoms with Crippen molar-refractivity contribution in [2.45, 2.75) is 24.2 Å². The second-order valence-electron chi connectivity index (χ2n) is 7.35. The fourth-order valence-electron chi connectivity index (χ4n) is 3.86. The Morgan fingerprint density at radius 2 is 1.63 bits per heavy atom. The number of hydrogen-bond donors (Lipinski definition) is 3. The summed E-state index contributed by atoms with van der Waals surface area (Å²) >= 11 is 0. The summed E-state index contributed by atoms with van der Waals surface area (Å²) in [6.07, 6.45) is 3.05. The fraction of sp³-hybridized carbons (Fsp3) is 0.350. The molecule has 1 spiro atoms. The molecule has 1 heterocycles. The minimum atomic E-state index is -3.65. The Morgan fingerprint density at radius 3 is 2.30 bits per heavy atom. The summed E-state index contributed by atoms with van der Waals surface area (Å²) in [6, 6.07) is 15.0. The van der Waals surface area contributed by atoms with Gasteiger partial charge in [-0.3, -0.25) is 9.52 Å². The molecular weight excluding hydrogens is 362 g/mol. The van der Waals surface area contributed by atoms with E-state index in [1.807, 2.05) is 6.07 Å². The van der Waals surface area contributed by atoms with E-state index in [0.717, 1.165) is 32.4 Å². The van der Waals surface area contributed by atoms with Crippen LogP contribution >= 0.6 is 0 Å². The van der Waals surface area contributed by atoms with E-state index < -0.39 is 10.0 Å². The van der Waals surface area contributed by atoms with Crippen molar-refractivity contribution in [2.75, 3.05) is 23.1 Å². The van der Waals surface area contributed by atoms with Crippen LogP contribution in [0.1, 0.15) is 19.3 Å². The van der Waals surface area contributed by atoms with Gasteiger partial charge in [-0.2, -0.15) is 0 Å². The van der Waals surface area contributed by atoms with Gasteiger partial charge in [0.2, 0.25) is 5.91 Å². The summed E-state index contributed by atoms with van der Waals surface area (Å²) in [5, 5.41) is 6.26. The van der Waals surface area contributed by atoms with Gasteiger partial charge in [-0.25, -0.2) is 8.42 Å². The molecule has 6 nitrogen and oxygen atoms in total. The Kier molecular flexibility index (Phi) is 4.65. The molecule has 2 aromatic rings. The van der Waals surface area contributed by atoms with Crippen LogP contribution in [0.4, 0.5) is 11.4 Å². The van der Waals surface area contributed by atoms with E-state index in [0.29, 0.717) is 11.4 Å². The largest absolute Gasteiger partial charge is 0.326 e. The van der Waals surface area contributed by atoms with Crippen LogP contribution in [-0.2, 0) is 14.8 Å². The number of carbonyl (C=O) groups excluding carboxylic acids is 1. The lowest BCUT2D eigenvalue weighted by molar-refractivity contribution is -0.118. The van der Waals surface area contributed by atoms with E-state index in [-0.39, 0.29) is 22.1 Å². The molecule has 0 aromatic heterocycles. The van der Waals surface area contributed by atoms with E-state index in [1.54, 1.807) is 36.4 Å². The number of anilines is 2. The smallest absolute Gasteiger partial charge is 0.261 e. The topological polar surface area (TPSA) is 87.3 Å². The van der Waals surface area contributed by atoms with Crippen molar-refractivity contribution in [3.63, 3.8) is 0 Å². The van der Waals surface area contributed by atoms with Gasteiger partial charge in [-0.15, -0.1) is 0 Å². The zero-order valence-electron chi connectivity index (χ0n) is 14.9. The number of para-hydroxylation sites is 1. The Labute approximate surface area is 159 Å². The highest BCUT2D eigenvalue weighted by Crippen LogP contribution is 2.58. The van der Waals surface area contributed by atoms with E-state index in [1.165, 1.54) is 12.1 Å². The van der Waals surface area contributed by atoms with Crippen molar-refractivity contribution >= 4 is 27.3 Å². The molecule has 1 amide bonds. The number of hydrogen-bond acceptors (Lipinski definition) is 4. The second-order valence-corrected chi connectivity index (χ2v) is 9.04. The SMILES string of the molecule is O=C(Nc1ccc(S(=O)(=O)Nc2ccccc2)cc1)C1CC12CCNCC2. The summed E-state index contributed by atoms with van der Waals surface area (Å²) in [5.74, 6) is 0.109. The predicted octanol–water partition coefficient (Wildman–Crippen LogP) is 2.82. The molecule has 142 valence electrons. The zero-order valence-corrected chi connectivity index (χ0v) is 15.8. The number of piperidine rings is 1. The van der Waals surface area contributed by atoms with Crippen LogP contribution < -0.4 is 15.4 Å². The minimum Gasteiger partial charge on any atom is -0.326 e. The van der Waals surface area contributed by atoms with Crippen molar-refractivity contribution in [2.24, 2.45) is 11.3 Å². The molecule has 27 heavy (non-hydrogen) atoms. The van der Waals surface area contributed by atoms with E-state index in [4.69, 9.17) is 0 Å². The number of carbonyl (C=O) groups is 1. The highest BCUT2D eigenvalue weighted by atomic mass is 32.2. The lowest BCUT2D eigenvalue weighted by atomic mass is 9.92. The van der Waals surface area contributed by atoms with Crippen LogP contribution in [0.3, 0.4) is 0 Å². The Morgan fingerprint density at radius 1 is 0.963 bits per heavy atom. The number of nitrogens with one attached hydrogen (secondary N) is 3. The molecule has 0 bridgehead atoms. The van der Waals surface area contributed by atoms with Crippen LogP contribution in [0.5, 0.6) is 0 Å². The third-order valence-electron chi connectivity index (χ3n) is 5.56. The summed E-state index contributed by atoms with van der Waals surface area (Å²) in [7, 11) is -3.65. The standard InChI is InChI=1S/C20H23N3O3S/c24-19(18-14-20(18)10-12-21-13-11-20)22-15-6-8-17(9-7-15)27(25,26)23-16-4-2-1-3-5-16/h1-9,18,21,23H,10-14H2,(H,22,24). The lowest BCUT2D eigenvalue weighted by Gasteiger charge is -2.23. The maximum atomic E-state index is 12.5. The van der Waals surface area contributed by atoms with Gasteiger partial charge in [0.1, 0.15) is 0 Å². The van der Waals surface area contributed by atoms with Crippen LogP contribution in [0, 0.1) is 11.3 Å². The first-order valence-corrected chi connectivity index (χ1v) is 10.7. The van der Waals surface area contributed by atoms with Crippen molar-refractivity contribution < 1.29 is 13.2 Å². The molecule has 1 unspecified atom stereocenters. The van der Waals surface area contributed by atoms with Gasteiger partial charge in [0, 0.05) is 17.3 Å². The molecule has 2 aromatic carbocycles. The van der Waals surface area contributed by atoms with E-state index in [2.05, 4.69) is 15.4 Å². The molecular formula is C20H23N3O3S. The molecule has 1 saturated heterocycles. The third kappa shape index (κ3) is 3.84. The number of rotatable bonds is 5. The monoisotopic (exact) mass is 385 g/mol. The van der Waals surface area contributed by atoms with Crippen molar-refractivity contribution in [3.05, 3.63) is 54.6 Å². The van der Waals surface area contributed by atoms with Gasteiger partial charge in [0.05, 0.1) is 4.90 Å². The maximum absolute atomic E-state index is 12.5. The Hall–Kier alpha value is -2.38. The molecule has 2 fully saturated rings.